The molecule has 0 saturated carbocycles. The number of nitrogens with one attached hydrogen (secondary N) is 2. The molecule has 0 aliphatic heterocycles. The monoisotopic (exact) mass is 347 g/mol. The van der Waals surface area contributed by atoms with Gasteiger partial charge >= 0.3 is 5.69 Å². The number of ether oxygens (including phenoxy) is 1. The van der Waals surface area contributed by atoms with E-state index in [-0.39, 0.29) is 23.4 Å². The minimum Gasteiger partial charge on any atom is -0.477 e. The van der Waals surface area contributed by atoms with E-state index in [2.05, 4.69) is 10.9 Å². The molecule has 0 unspecified atom stereocenters. The van der Waals surface area contributed by atoms with Gasteiger partial charge in [0.2, 0.25) is 5.91 Å². The number of halogens is 1. The lowest BCUT2D eigenvalue weighted by Gasteiger charge is -2.09. The van der Waals surface area contributed by atoms with Crippen molar-refractivity contribution in [2.45, 2.75) is 6.42 Å². The van der Waals surface area contributed by atoms with Crippen LogP contribution in [0.2, 0.25) is 0 Å². The van der Waals surface area contributed by atoms with E-state index in [1.54, 1.807) is 6.07 Å². The topological polar surface area (TPSA) is 111 Å². The lowest BCUT2D eigenvalue weighted by atomic mass is 10.1. The van der Waals surface area contributed by atoms with Crippen molar-refractivity contribution in [2.24, 2.45) is 0 Å². The quantitative estimate of drug-likeness (QED) is 0.608. The van der Waals surface area contributed by atoms with Crippen LogP contribution < -0.4 is 15.6 Å². The highest BCUT2D eigenvalue weighted by molar-refractivity contribution is 5.83. The number of para-hydroxylation sites is 2. The van der Waals surface area contributed by atoms with Gasteiger partial charge in [-0.1, -0.05) is 30.3 Å². The van der Waals surface area contributed by atoms with Gasteiger partial charge in [0.15, 0.2) is 12.4 Å². The molecule has 0 radical (unpaired) electrons. The van der Waals surface area contributed by atoms with Crippen LogP contribution in [0, 0.1) is 15.9 Å². The van der Waals surface area contributed by atoms with Gasteiger partial charge in [0.25, 0.3) is 5.91 Å². The summed E-state index contributed by atoms with van der Waals surface area (Å²) in [4.78, 5) is 33.5. The summed E-state index contributed by atoms with van der Waals surface area (Å²) in [6, 6.07) is 11.3. The maximum Gasteiger partial charge on any atom is 0.310 e. The number of hydrazine groups is 1. The first kappa shape index (κ1) is 17.9. The van der Waals surface area contributed by atoms with Crippen LogP contribution in [0.15, 0.2) is 48.5 Å². The fourth-order valence-electron chi connectivity index (χ4n) is 1.91. The Labute approximate surface area is 141 Å². The first-order chi connectivity index (χ1) is 12.0. The number of nitrogens with zero attached hydrogens (tertiary/aromatic N) is 1. The highest BCUT2D eigenvalue weighted by Gasteiger charge is 2.15. The molecule has 0 fully saturated rings. The number of hydrogen-bond donors (Lipinski definition) is 2. The lowest BCUT2D eigenvalue weighted by Crippen LogP contribution is -2.44. The zero-order valence-corrected chi connectivity index (χ0v) is 12.9. The summed E-state index contributed by atoms with van der Waals surface area (Å²) >= 11 is 0. The van der Waals surface area contributed by atoms with Crippen molar-refractivity contribution < 1.29 is 23.6 Å². The van der Waals surface area contributed by atoms with Crippen LogP contribution in [0.25, 0.3) is 0 Å². The summed E-state index contributed by atoms with van der Waals surface area (Å²) in [6.07, 6.45) is -0.252. The fraction of sp³-hybridized carbons (Fsp3) is 0.125. The molecule has 2 N–H and O–H groups in total. The van der Waals surface area contributed by atoms with Crippen LogP contribution in [-0.4, -0.2) is 23.3 Å². The summed E-state index contributed by atoms with van der Waals surface area (Å²) in [6.45, 7) is -0.537. The summed E-state index contributed by atoms with van der Waals surface area (Å²) in [5, 5.41) is 10.8. The average Bonchev–Trinajstić information content (AvgIpc) is 2.60. The van der Waals surface area contributed by atoms with E-state index in [0.29, 0.717) is 0 Å². The second kappa shape index (κ2) is 8.39. The van der Waals surface area contributed by atoms with Crippen LogP contribution in [0.3, 0.4) is 0 Å². The molecule has 0 aromatic heterocycles. The van der Waals surface area contributed by atoms with Gasteiger partial charge in [-0.3, -0.25) is 30.6 Å². The SMILES string of the molecule is O=C(COc1ccccc1[N+](=O)[O-])NNC(=O)Cc1ccccc1F. The fourth-order valence-corrected chi connectivity index (χ4v) is 1.91. The van der Waals surface area contributed by atoms with Crippen molar-refractivity contribution in [2.75, 3.05) is 6.61 Å². The van der Waals surface area contributed by atoms with Crippen molar-refractivity contribution in [3.63, 3.8) is 0 Å². The van der Waals surface area contributed by atoms with Gasteiger partial charge in [-0.2, -0.15) is 0 Å². The van der Waals surface area contributed by atoms with Gasteiger partial charge in [0.05, 0.1) is 11.3 Å². The molecule has 0 saturated heterocycles. The van der Waals surface area contributed by atoms with Gasteiger partial charge in [0.1, 0.15) is 5.82 Å². The smallest absolute Gasteiger partial charge is 0.310 e. The minimum atomic E-state index is -0.722. The highest BCUT2D eigenvalue weighted by atomic mass is 19.1. The van der Waals surface area contributed by atoms with Gasteiger partial charge in [0, 0.05) is 6.07 Å². The van der Waals surface area contributed by atoms with Crippen LogP contribution >= 0.6 is 0 Å². The molecule has 0 bridgehead atoms. The molecule has 0 spiro atoms. The third kappa shape index (κ3) is 5.27. The molecular weight excluding hydrogens is 333 g/mol. The molecule has 0 atom stereocenters. The zero-order chi connectivity index (χ0) is 18.2. The van der Waals surface area contributed by atoms with E-state index in [1.165, 1.54) is 42.5 Å². The van der Waals surface area contributed by atoms with Crippen molar-refractivity contribution in [3.8, 4) is 5.75 Å². The van der Waals surface area contributed by atoms with Crippen molar-refractivity contribution >= 4 is 17.5 Å². The summed E-state index contributed by atoms with van der Waals surface area (Å²) in [7, 11) is 0. The number of benzene rings is 2. The van der Waals surface area contributed by atoms with Gasteiger partial charge in [-0.05, 0) is 17.7 Å². The number of nitro benzene ring substituents is 1. The number of hydrogen-bond acceptors (Lipinski definition) is 5. The van der Waals surface area contributed by atoms with E-state index >= 15 is 0 Å². The Morgan fingerprint density at radius 2 is 1.68 bits per heavy atom. The number of carbonyl (C=O) groups excluding carboxylic acids is 2. The number of rotatable bonds is 6. The highest BCUT2D eigenvalue weighted by Crippen LogP contribution is 2.25. The van der Waals surface area contributed by atoms with Crippen molar-refractivity contribution in [1.82, 2.24) is 10.9 Å². The second-order valence-corrected chi connectivity index (χ2v) is 4.88. The molecular formula is C16H14FN3O5. The van der Waals surface area contributed by atoms with E-state index < -0.39 is 29.2 Å². The van der Waals surface area contributed by atoms with Crippen LogP contribution in [0.1, 0.15) is 5.56 Å². The molecule has 2 aromatic rings. The molecule has 2 aromatic carbocycles. The Morgan fingerprint density at radius 3 is 2.40 bits per heavy atom. The summed E-state index contributed by atoms with van der Waals surface area (Å²) < 4.78 is 18.5. The average molecular weight is 347 g/mol. The molecule has 130 valence electrons. The van der Waals surface area contributed by atoms with E-state index in [9.17, 15) is 24.1 Å². The number of nitro groups is 1. The Kier molecular flexibility index (Phi) is 5.99. The van der Waals surface area contributed by atoms with E-state index in [4.69, 9.17) is 4.74 Å². The van der Waals surface area contributed by atoms with Crippen LogP contribution in [0.4, 0.5) is 10.1 Å². The Balaban J connectivity index is 1.80. The first-order valence-corrected chi connectivity index (χ1v) is 7.14. The van der Waals surface area contributed by atoms with Gasteiger partial charge in [-0.25, -0.2) is 4.39 Å². The minimum absolute atomic E-state index is 0.0691. The normalized spacial score (nSPS) is 9.96. The Hall–Kier alpha value is -3.49. The molecule has 0 heterocycles. The Bertz CT molecular complexity index is 797. The predicted molar refractivity (Wildman–Crippen MR) is 85.0 cm³/mol. The van der Waals surface area contributed by atoms with E-state index in [0.717, 1.165) is 0 Å². The van der Waals surface area contributed by atoms with Crippen LogP contribution in [0.5, 0.6) is 5.75 Å². The molecule has 25 heavy (non-hydrogen) atoms. The summed E-state index contributed by atoms with van der Waals surface area (Å²) in [5.74, 6) is -1.94. The second-order valence-electron chi connectivity index (χ2n) is 4.88. The molecule has 8 nitrogen and oxygen atoms in total. The Morgan fingerprint density at radius 1 is 1.04 bits per heavy atom. The number of carbonyl (C=O) groups is 2. The standard InChI is InChI=1S/C16H14FN3O5/c17-12-6-2-1-5-11(12)9-15(21)18-19-16(22)10-25-14-8-4-3-7-13(14)20(23)24/h1-8H,9-10H2,(H,18,21)(H,19,22). The van der Waals surface area contributed by atoms with Crippen molar-refractivity contribution in [1.29, 1.82) is 0 Å². The maximum absolute atomic E-state index is 13.4. The van der Waals surface area contributed by atoms with Gasteiger partial charge in [-0.15, -0.1) is 0 Å². The first-order valence-electron chi connectivity index (χ1n) is 7.14. The largest absolute Gasteiger partial charge is 0.477 e. The molecule has 2 amide bonds. The van der Waals surface area contributed by atoms with Crippen molar-refractivity contribution in [3.05, 3.63) is 70.0 Å². The maximum atomic E-state index is 13.4. The third-order valence-electron chi connectivity index (χ3n) is 3.07. The van der Waals surface area contributed by atoms with Crippen LogP contribution in [-0.2, 0) is 16.0 Å². The van der Waals surface area contributed by atoms with Gasteiger partial charge < -0.3 is 4.74 Å². The molecule has 9 heteroatoms. The number of amides is 2. The van der Waals surface area contributed by atoms with E-state index in [1.807, 2.05) is 0 Å². The third-order valence-corrected chi connectivity index (χ3v) is 3.07. The predicted octanol–water partition coefficient (Wildman–Crippen LogP) is 1.50. The lowest BCUT2D eigenvalue weighted by molar-refractivity contribution is -0.385. The molecule has 0 aliphatic carbocycles. The molecule has 0 aliphatic rings. The summed E-state index contributed by atoms with van der Waals surface area (Å²) in [5.41, 5.74) is 4.10. The molecule has 2 rings (SSSR count). The zero-order valence-electron chi connectivity index (χ0n) is 12.9.